The predicted octanol–water partition coefficient (Wildman–Crippen LogP) is 2.86. The lowest BCUT2D eigenvalue weighted by Crippen LogP contribution is -3.08. The van der Waals surface area contributed by atoms with E-state index < -0.39 is 5.82 Å². The number of anilines is 1. The number of carbonyl (C=O) groups is 1. The van der Waals surface area contributed by atoms with Gasteiger partial charge in [-0.1, -0.05) is 39.7 Å². The number of hydrogen-bond acceptors (Lipinski definition) is 1. The molecule has 0 saturated heterocycles. The summed E-state index contributed by atoms with van der Waals surface area (Å²) in [5.74, 6) is -0.645. The molecule has 2 aromatic rings. The SMILES string of the molecule is Cc1ccc(C[NH+](C)CC(=O)Nc2ccc(Br)cc2F)c(C)c1. The molecule has 2 rings (SSSR count). The number of carbonyl (C=O) groups excluding carboxylic acids is 1. The zero-order chi connectivity index (χ0) is 17.0. The van der Waals surface area contributed by atoms with E-state index in [9.17, 15) is 9.18 Å². The molecule has 2 N–H and O–H groups in total. The van der Waals surface area contributed by atoms with E-state index in [0.29, 0.717) is 4.47 Å². The smallest absolute Gasteiger partial charge is 0.279 e. The first kappa shape index (κ1) is 17.6. The zero-order valence-corrected chi connectivity index (χ0v) is 15.1. The molecule has 1 amide bonds. The quantitative estimate of drug-likeness (QED) is 0.822. The zero-order valence-electron chi connectivity index (χ0n) is 13.5. The number of quaternary nitrogens is 1. The first-order valence-corrected chi connectivity index (χ1v) is 8.27. The standard InChI is InChI=1S/C18H20BrFN2O/c1-12-4-5-14(13(2)8-12)10-22(3)11-18(23)21-17-7-6-15(19)9-16(17)20/h4-9H,10-11H2,1-3H3,(H,21,23)/p+1. The number of likely N-dealkylation sites (N-methyl/N-ethyl adjacent to an activating group) is 1. The Labute approximate surface area is 144 Å². The Morgan fingerprint density at radius 2 is 1.96 bits per heavy atom. The van der Waals surface area contributed by atoms with Crippen molar-refractivity contribution in [3.8, 4) is 0 Å². The Morgan fingerprint density at radius 1 is 1.22 bits per heavy atom. The topological polar surface area (TPSA) is 33.5 Å². The summed E-state index contributed by atoms with van der Waals surface area (Å²) < 4.78 is 14.4. The van der Waals surface area contributed by atoms with Gasteiger partial charge in [0.15, 0.2) is 6.54 Å². The van der Waals surface area contributed by atoms with Gasteiger partial charge in [-0.25, -0.2) is 4.39 Å². The molecule has 0 bridgehead atoms. The minimum Gasteiger partial charge on any atom is -0.326 e. The van der Waals surface area contributed by atoms with Crippen molar-refractivity contribution >= 4 is 27.5 Å². The van der Waals surface area contributed by atoms with Crippen molar-refractivity contribution in [2.75, 3.05) is 18.9 Å². The van der Waals surface area contributed by atoms with E-state index >= 15 is 0 Å². The Balaban J connectivity index is 1.94. The van der Waals surface area contributed by atoms with Gasteiger partial charge in [-0.3, -0.25) is 4.79 Å². The summed E-state index contributed by atoms with van der Waals surface area (Å²) >= 11 is 3.19. The average Bonchev–Trinajstić information content (AvgIpc) is 2.45. The normalized spacial score (nSPS) is 12.0. The molecule has 0 fully saturated rings. The molecule has 122 valence electrons. The average molecular weight is 380 g/mol. The largest absolute Gasteiger partial charge is 0.326 e. The molecule has 0 spiro atoms. The van der Waals surface area contributed by atoms with Crippen LogP contribution < -0.4 is 10.2 Å². The maximum Gasteiger partial charge on any atom is 0.279 e. The first-order chi connectivity index (χ1) is 10.8. The van der Waals surface area contributed by atoms with E-state index in [-0.39, 0.29) is 18.1 Å². The molecule has 0 radical (unpaired) electrons. The second-order valence-corrected chi connectivity index (χ2v) is 6.83. The van der Waals surface area contributed by atoms with E-state index in [0.717, 1.165) is 11.4 Å². The highest BCUT2D eigenvalue weighted by Gasteiger charge is 2.14. The molecule has 3 nitrogen and oxygen atoms in total. The van der Waals surface area contributed by atoms with Gasteiger partial charge in [0.1, 0.15) is 12.4 Å². The number of amides is 1. The van der Waals surface area contributed by atoms with Crippen LogP contribution in [0, 0.1) is 19.7 Å². The van der Waals surface area contributed by atoms with Gasteiger partial charge >= 0.3 is 0 Å². The number of halogens is 2. The molecule has 0 aliphatic carbocycles. The first-order valence-electron chi connectivity index (χ1n) is 7.47. The fourth-order valence-electron chi connectivity index (χ4n) is 2.49. The molecular formula is C18H21BrFN2O+. The van der Waals surface area contributed by atoms with Crippen molar-refractivity contribution in [1.82, 2.24) is 0 Å². The number of benzene rings is 2. The minimum absolute atomic E-state index is 0.200. The highest BCUT2D eigenvalue weighted by Crippen LogP contribution is 2.19. The molecular weight excluding hydrogens is 359 g/mol. The summed E-state index contributed by atoms with van der Waals surface area (Å²) in [6.45, 7) is 5.17. The van der Waals surface area contributed by atoms with Crippen LogP contribution in [0.25, 0.3) is 0 Å². The van der Waals surface area contributed by atoms with Crippen molar-refractivity contribution in [2.24, 2.45) is 0 Å². The molecule has 5 heteroatoms. The van der Waals surface area contributed by atoms with Crippen LogP contribution in [0.15, 0.2) is 40.9 Å². The highest BCUT2D eigenvalue weighted by atomic mass is 79.9. The summed E-state index contributed by atoms with van der Waals surface area (Å²) in [4.78, 5) is 13.1. The second kappa shape index (κ2) is 7.70. The summed E-state index contributed by atoms with van der Waals surface area (Å²) in [5, 5.41) is 2.62. The lowest BCUT2D eigenvalue weighted by molar-refractivity contribution is -0.885. The Kier molecular flexibility index (Phi) is 5.91. The van der Waals surface area contributed by atoms with Gasteiger partial charge in [0, 0.05) is 10.0 Å². The van der Waals surface area contributed by atoms with Crippen molar-refractivity contribution < 1.29 is 14.1 Å². The van der Waals surface area contributed by atoms with Gasteiger partial charge in [-0.2, -0.15) is 0 Å². The third-order valence-electron chi connectivity index (χ3n) is 3.66. The van der Waals surface area contributed by atoms with Gasteiger partial charge < -0.3 is 10.2 Å². The van der Waals surface area contributed by atoms with Gasteiger partial charge in [0.05, 0.1) is 12.7 Å². The third-order valence-corrected chi connectivity index (χ3v) is 4.15. The van der Waals surface area contributed by atoms with Crippen LogP contribution in [-0.2, 0) is 11.3 Å². The lowest BCUT2D eigenvalue weighted by Gasteiger charge is -2.16. The van der Waals surface area contributed by atoms with Crippen LogP contribution in [0.1, 0.15) is 16.7 Å². The molecule has 0 heterocycles. The molecule has 1 atom stereocenters. The van der Waals surface area contributed by atoms with E-state index in [1.165, 1.54) is 22.8 Å². The number of aryl methyl sites for hydroxylation is 2. The third kappa shape index (κ3) is 5.15. The van der Waals surface area contributed by atoms with Gasteiger partial charge in [-0.15, -0.1) is 0 Å². The van der Waals surface area contributed by atoms with Crippen LogP contribution in [0.5, 0.6) is 0 Å². The van der Waals surface area contributed by atoms with E-state index in [4.69, 9.17) is 0 Å². The Morgan fingerprint density at radius 3 is 2.61 bits per heavy atom. The number of rotatable bonds is 5. The van der Waals surface area contributed by atoms with E-state index in [1.807, 2.05) is 7.05 Å². The van der Waals surface area contributed by atoms with E-state index in [2.05, 4.69) is 53.3 Å². The maximum absolute atomic E-state index is 13.7. The summed E-state index contributed by atoms with van der Waals surface area (Å²) in [6, 6.07) is 10.9. The molecule has 23 heavy (non-hydrogen) atoms. The summed E-state index contributed by atoms with van der Waals surface area (Å²) in [5.41, 5.74) is 3.88. The number of nitrogens with one attached hydrogen (secondary N) is 2. The predicted molar refractivity (Wildman–Crippen MR) is 94.1 cm³/mol. The molecule has 0 saturated carbocycles. The fourth-order valence-corrected chi connectivity index (χ4v) is 2.82. The molecule has 2 aromatic carbocycles. The van der Waals surface area contributed by atoms with Crippen LogP contribution in [0.2, 0.25) is 0 Å². The van der Waals surface area contributed by atoms with Crippen LogP contribution in [0.4, 0.5) is 10.1 Å². The molecule has 0 aromatic heterocycles. The number of hydrogen-bond donors (Lipinski definition) is 2. The summed E-state index contributed by atoms with van der Waals surface area (Å²) in [7, 11) is 1.96. The van der Waals surface area contributed by atoms with Crippen molar-refractivity contribution in [2.45, 2.75) is 20.4 Å². The molecule has 0 aliphatic heterocycles. The second-order valence-electron chi connectivity index (χ2n) is 5.91. The van der Waals surface area contributed by atoms with Crippen molar-refractivity contribution in [3.63, 3.8) is 0 Å². The van der Waals surface area contributed by atoms with Crippen molar-refractivity contribution in [3.05, 3.63) is 63.4 Å². The van der Waals surface area contributed by atoms with Gasteiger partial charge in [-0.05, 0) is 37.6 Å². The highest BCUT2D eigenvalue weighted by molar-refractivity contribution is 9.10. The Hall–Kier alpha value is -1.72. The summed E-state index contributed by atoms with van der Waals surface area (Å²) in [6.07, 6.45) is 0. The monoisotopic (exact) mass is 379 g/mol. The minimum atomic E-state index is -0.445. The van der Waals surface area contributed by atoms with Crippen LogP contribution in [-0.4, -0.2) is 19.5 Å². The molecule has 0 aliphatic rings. The molecule has 1 unspecified atom stereocenters. The Bertz CT molecular complexity index is 718. The van der Waals surface area contributed by atoms with E-state index in [1.54, 1.807) is 12.1 Å². The fraction of sp³-hybridized carbons (Fsp3) is 0.278. The maximum atomic E-state index is 13.7. The van der Waals surface area contributed by atoms with Crippen molar-refractivity contribution in [1.29, 1.82) is 0 Å². The van der Waals surface area contributed by atoms with Crippen LogP contribution in [0.3, 0.4) is 0 Å². The lowest BCUT2D eigenvalue weighted by atomic mass is 10.1. The van der Waals surface area contributed by atoms with Gasteiger partial charge in [0.2, 0.25) is 0 Å². The van der Waals surface area contributed by atoms with Gasteiger partial charge in [0.25, 0.3) is 5.91 Å². The van der Waals surface area contributed by atoms with Crippen LogP contribution >= 0.6 is 15.9 Å².